The second-order valence-corrected chi connectivity index (χ2v) is 5.73. The summed E-state index contributed by atoms with van der Waals surface area (Å²) >= 11 is 0. The summed E-state index contributed by atoms with van der Waals surface area (Å²) in [4.78, 5) is 4.76. The molecule has 2 rings (SSSR count). The Bertz CT molecular complexity index is 246. The van der Waals surface area contributed by atoms with Gasteiger partial charge in [-0.3, -0.25) is 4.90 Å². The van der Waals surface area contributed by atoms with Crippen molar-refractivity contribution < 1.29 is 5.11 Å². The molecule has 3 unspecified atom stereocenters. The fourth-order valence-electron chi connectivity index (χ4n) is 3.17. The van der Waals surface area contributed by atoms with E-state index in [4.69, 9.17) is 5.73 Å². The van der Waals surface area contributed by atoms with Crippen molar-refractivity contribution in [2.75, 3.05) is 40.3 Å². The number of aliphatic hydroxyl groups is 1. The Morgan fingerprint density at radius 3 is 2.88 bits per heavy atom. The van der Waals surface area contributed by atoms with Crippen LogP contribution in [-0.2, 0) is 0 Å². The normalized spacial score (nSPS) is 39.6. The van der Waals surface area contributed by atoms with Crippen LogP contribution in [0.4, 0.5) is 0 Å². The number of rotatable bonds is 4. The molecule has 1 heterocycles. The van der Waals surface area contributed by atoms with Crippen LogP contribution in [0.25, 0.3) is 0 Å². The number of likely N-dealkylation sites (tertiary alicyclic amines) is 1. The van der Waals surface area contributed by atoms with Crippen LogP contribution in [0.2, 0.25) is 0 Å². The van der Waals surface area contributed by atoms with Crippen LogP contribution in [0.5, 0.6) is 0 Å². The van der Waals surface area contributed by atoms with Gasteiger partial charge in [0.05, 0.1) is 5.60 Å². The van der Waals surface area contributed by atoms with Crippen molar-refractivity contribution >= 4 is 0 Å². The van der Waals surface area contributed by atoms with Gasteiger partial charge in [0.2, 0.25) is 0 Å². The topological polar surface area (TPSA) is 52.7 Å². The maximum absolute atomic E-state index is 10.4. The number of hydrogen-bond donors (Lipinski definition) is 2. The molecule has 2 bridgehead atoms. The molecule has 3 N–H and O–H groups in total. The maximum Gasteiger partial charge on any atom is 0.0810 e. The monoisotopic (exact) mass is 227 g/mol. The first-order valence-electron chi connectivity index (χ1n) is 6.36. The van der Waals surface area contributed by atoms with Gasteiger partial charge < -0.3 is 15.7 Å². The average Bonchev–Trinajstić information content (AvgIpc) is 2.61. The maximum atomic E-state index is 10.4. The molecular formula is C12H25N3O. The van der Waals surface area contributed by atoms with Crippen LogP contribution in [0.15, 0.2) is 0 Å². The van der Waals surface area contributed by atoms with Crippen LogP contribution >= 0.6 is 0 Å². The molecule has 0 aromatic heterocycles. The molecule has 0 spiro atoms. The first kappa shape index (κ1) is 12.3. The van der Waals surface area contributed by atoms with E-state index in [1.54, 1.807) is 0 Å². The molecule has 2 fully saturated rings. The highest BCUT2D eigenvalue weighted by atomic mass is 16.3. The largest absolute Gasteiger partial charge is 0.388 e. The molecule has 0 aromatic carbocycles. The lowest BCUT2D eigenvalue weighted by molar-refractivity contribution is -0.0246. The number of fused-ring (bicyclic) bond motifs is 2. The molecule has 1 saturated carbocycles. The lowest BCUT2D eigenvalue weighted by atomic mass is 9.76. The predicted octanol–water partition coefficient (Wildman–Crippen LogP) is -0.278. The van der Waals surface area contributed by atoms with E-state index >= 15 is 0 Å². The van der Waals surface area contributed by atoms with Crippen molar-refractivity contribution in [3.8, 4) is 0 Å². The molecule has 94 valence electrons. The lowest BCUT2D eigenvalue weighted by Crippen LogP contribution is -2.47. The summed E-state index contributed by atoms with van der Waals surface area (Å²) < 4.78 is 0. The minimum atomic E-state index is -0.580. The Balaban J connectivity index is 1.92. The first-order valence-corrected chi connectivity index (χ1v) is 6.36. The van der Waals surface area contributed by atoms with Crippen molar-refractivity contribution in [2.45, 2.75) is 30.9 Å². The highest BCUT2D eigenvalue weighted by Crippen LogP contribution is 2.41. The summed E-state index contributed by atoms with van der Waals surface area (Å²) in [6.45, 7) is 3.68. The average molecular weight is 227 g/mol. The molecule has 2 aliphatic rings. The number of nitrogens with two attached hydrogens (primary N) is 1. The summed E-state index contributed by atoms with van der Waals surface area (Å²) in [6, 6.07) is 0.691. The van der Waals surface area contributed by atoms with Crippen molar-refractivity contribution in [1.29, 1.82) is 0 Å². The molecule has 0 amide bonds. The second kappa shape index (κ2) is 4.61. The van der Waals surface area contributed by atoms with E-state index < -0.39 is 5.60 Å². The summed E-state index contributed by atoms with van der Waals surface area (Å²) in [5.41, 5.74) is 5.13. The number of nitrogens with zero attached hydrogens (tertiary/aromatic N) is 2. The van der Waals surface area contributed by atoms with Gasteiger partial charge >= 0.3 is 0 Å². The highest BCUT2D eigenvalue weighted by Gasteiger charge is 2.47. The Morgan fingerprint density at radius 1 is 1.50 bits per heavy atom. The van der Waals surface area contributed by atoms with E-state index in [0.717, 1.165) is 38.9 Å². The van der Waals surface area contributed by atoms with Crippen LogP contribution in [0.1, 0.15) is 19.3 Å². The third-order valence-electron chi connectivity index (χ3n) is 4.39. The highest BCUT2D eigenvalue weighted by molar-refractivity contribution is 5.02. The van der Waals surface area contributed by atoms with E-state index in [1.807, 2.05) is 0 Å². The third kappa shape index (κ3) is 2.25. The number of hydrogen-bond acceptors (Lipinski definition) is 4. The molecule has 4 heteroatoms. The lowest BCUT2D eigenvalue weighted by Gasteiger charge is -2.36. The molecule has 1 aliphatic heterocycles. The van der Waals surface area contributed by atoms with E-state index in [0.29, 0.717) is 18.5 Å². The van der Waals surface area contributed by atoms with Gasteiger partial charge in [-0.15, -0.1) is 0 Å². The van der Waals surface area contributed by atoms with Crippen LogP contribution in [-0.4, -0.2) is 66.8 Å². The zero-order valence-corrected chi connectivity index (χ0v) is 10.5. The molecule has 1 saturated heterocycles. The van der Waals surface area contributed by atoms with E-state index in [-0.39, 0.29) is 0 Å². The molecule has 1 aliphatic carbocycles. The minimum Gasteiger partial charge on any atom is -0.388 e. The Labute approximate surface area is 98.4 Å². The van der Waals surface area contributed by atoms with E-state index in [9.17, 15) is 5.11 Å². The van der Waals surface area contributed by atoms with Gasteiger partial charge in [0.15, 0.2) is 0 Å². The summed E-state index contributed by atoms with van der Waals surface area (Å²) in [5.74, 6) is 0.401. The predicted molar refractivity (Wildman–Crippen MR) is 65.3 cm³/mol. The zero-order valence-electron chi connectivity index (χ0n) is 10.5. The fraction of sp³-hybridized carbons (Fsp3) is 1.00. The van der Waals surface area contributed by atoms with E-state index in [1.165, 1.54) is 0 Å². The Hall–Kier alpha value is -0.160. The summed E-state index contributed by atoms with van der Waals surface area (Å²) in [7, 11) is 4.22. The molecule has 3 atom stereocenters. The van der Waals surface area contributed by atoms with Gasteiger partial charge in [0.1, 0.15) is 0 Å². The standard InChI is InChI=1S/C12H25N3O/c1-14(2)5-6-15-8-10-7-11(15)3-4-12(10,16)9-13/h10-11,16H,3-9,13H2,1-2H3. The molecular weight excluding hydrogens is 202 g/mol. The van der Waals surface area contributed by atoms with Crippen molar-refractivity contribution in [3.63, 3.8) is 0 Å². The van der Waals surface area contributed by atoms with Gasteiger partial charge in [-0.25, -0.2) is 0 Å². The minimum absolute atomic E-state index is 0.401. The fourth-order valence-corrected chi connectivity index (χ4v) is 3.17. The summed E-state index contributed by atoms with van der Waals surface area (Å²) in [5, 5.41) is 10.4. The van der Waals surface area contributed by atoms with Gasteiger partial charge in [0, 0.05) is 38.1 Å². The summed E-state index contributed by atoms with van der Waals surface area (Å²) in [6.07, 6.45) is 3.13. The van der Waals surface area contributed by atoms with Gasteiger partial charge in [0.25, 0.3) is 0 Å². The first-order chi connectivity index (χ1) is 7.55. The van der Waals surface area contributed by atoms with Crippen LogP contribution in [0, 0.1) is 5.92 Å². The van der Waals surface area contributed by atoms with E-state index in [2.05, 4.69) is 23.9 Å². The molecule has 0 radical (unpaired) electrons. The zero-order chi connectivity index (χ0) is 11.8. The molecule has 4 nitrogen and oxygen atoms in total. The number of likely N-dealkylation sites (N-methyl/N-ethyl adjacent to an activating group) is 1. The van der Waals surface area contributed by atoms with Crippen molar-refractivity contribution in [1.82, 2.24) is 9.80 Å². The van der Waals surface area contributed by atoms with Gasteiger partial charge in [-0.1, -0.05) is 0 Å². The Morgan fingerprint density at radius 2 is 2.25 bits per heavy atom. The quantitative estimate of drug-likeness (QED) is 0.694. The smallest absolute Gasteiger partial charge is 0.0810 e. The van der Waals surface area contributed by atoms with Gasteiger partial charge in [-0.05, 0) is 33.4 Å². The van der Waals surface area contributed by atoms with Gasteiger partial charge in [-0.2, -0.15) is 0 Å². The molecule has 16 heavy (non-hydrogen) atoms. The third-order valence-corrected chi connectivity index (χ3v) is 4.39. The SMILES string of the molecule is CN(C)CCN1CC2CC1CCC2(O)CN. The van der Waals surface area contributed by atoms with Crippen LogP contribution in [0.3, 0.4) is 0 Å². The van der Waals surface area contributed by atoms with Crippen molar-refractivity contribution in [2.24, 2.45) is 11.7 Å². The Kier molecular flexibility index (Phi) is 3.54. The van der Waals surface area contributed by atoms with Crippen LogP contribution < -0.4 is 5.73 Å². The molecule has 0 aromatic rings. The van der Waals surface area contributed by atoms with Crippen molar-refractivity contribution in [3.05, 3.63) is 0 Å². The second-order valence-electron chi connectivity index (χ2n) is 5.73.